The largest absolute Gasteiger partial charge is 0.357 e. The fourth-order valence-electron chi connectivity index (χ4n) is 3.45. The van der Waals surface area contributed by atoms with Crippen LogP contribution in [0.5, 0.6) is 0 Å². The number of aryl methyl sites for hydroxylation is 1. The molecule has 0 amide bonds. The third-order valence-corrected chi connectivity index (χ3v) is 5.03. The van der Waals surface area contributed by atoms with E-state index in [1.807, 2.05) is 0 Å². The van der Waals surface area contributed by atoms with E-state index in [-0.39, 0.29) is 0 Å². The van der Waals surface area contributed by atoms with Crippen molar-refractivity contribution in [2.24, 2.45) is 18.0 Å². The van der Waals surface area contributed by atoms with E-state index in [4.69, 9.17) is 4.99 Å². The van der Waals surface area contributed by atoms with Gasteiger partial charge in [0.05, 0.1) is 6.54 Å². The van der Waals surface area contributed by atoms with Crippen molar-refractivity contribution in [2.45, 2.75) is 38.8 Å². The molecule has 1 atom stereocenters. The van der Waals surface area contributed by atoms with E-state index in [9.17, 15) is 0 Å². The lowest BCUT2D eigenvalue weighted by molar-refractivity contribution is 0.315. The van der Waals surface area contributed by atoms with E-state index in [2.05, 4.69) is 59.0 Å². The van der Waals surface area contributed by atoms with Gasteiger partial charge in [-0.05, 0) is 50.8 Å². The second-order valence-electron chi connectivity index (χ2n) is 7.04. The summed E-state index contributed by atoms with van der Waals surface area (Å²) in [6.07, 6.45) is 6.23. The molecule has 1 aromatic heterocycles. The van der Waals surface area contributed by atoms with E-state index in [1.165, 1.54) is 38.0 Å². The van der Waals surface area contributed by atoms with E-state index in [1.54, 1.807) is 0 Å². The van der Waals surface area contributed by atoms with Crippen molar-refractivity contribution in [3.8, 4) is 0 Å². The smallest absolute Gasteiger partial charge is 0.194 e. The summed E-state index contributed by atoms with van der Waals surface area (Å²) in [5, 5.41) is 3.44. The minimum atomic E-state index is 0.729. The molecule has 5 nitrogen and oxygen atoms in total. The number of likely N-dealkylation sites (tertiary alicyclic amines) is 1. The molecule has 0 spiro atoms. The Labute approximate surface area is 140 Å². The summed E-state index contributed by atoms with van der Waals surface area (Å²) in [5.41, 5.74) is 1.30. The van der Waals surface area contributed by atoms with Crippen molar-refractivity contribution in [3.05, 3.63) is 24.0 Å². The summed E-state index contributed by atoms with van der Waals surface area (Å²) in [5.74, 6) is 1.76. The van der Waals surface area contributed by atoms with Gasteiger partial charge in [-0.3, -0.25) is 4.99 Å². The number of hydrogen-bond acceptors (Lipinski definition) is 2. The second kappa shape index (κ2) is 7.39. The Bertz CT molecular complexity index is 531. The van der Waals surface area contributed by atoms with Crippen LogP contribution in [0.4, 0.5) is 0 Å². The molecule has 2 fully saturated rings. The number of hydrogen-bond donors (Lipinski definition) is 1. The van der Waals surface area contributed by atoms with Gasteiger partial charge < -0.3 is 19.7 Å². The van der Waals surface area contributed by atoms with Crippen LogP contribution in [-0.2, 0) is 13.6 Å². The molecular weight excluding hydrogens is 286 g/mol. The van der Waals surface area contributed by atoms with Gasteiger partial charge in [-0.15, -0.1) is 0 Å². The molecule has 2 heterocycles. The molecule has 0 bridgehead atoms. The Morgan fingerprint density at radius 2 is 2.22 bits per heavy atom. The molecule has 23 heavy (non-hydrogen) atoms. The minimum Gasteiger partial charge on any atom is -0.357 e. The highest BCUT2D eigenvalue weighted by Crippen LogP contribution is 2.31. The quantitative estimate of drug-likeness (QED) is 0.643. The van der Waals surface area contributed by atoms with E-state index >= 15 is 0 Å². The molecule has 1 aromatic rings. The van der Waals surface area contributed by atoms with Crippen LogP contribution in [0.3, 0.4) is 0 Å². The zero-order chi connectivity index (χ0) is 16.2. The van der Waals surface area contributed by atoms with Gasteiger partial charge in [0, 0.05) is 51.7 Å². The van der Waals surface area contributed by atoms with Gasteiger partial charge in [0.25, 0.3) is 0 Å². The van der Waals surface area contributed by atoms with Crippen molar-refractivity contribution in [1.29, 1.82) is 0 Å². The van der Waals surface area contributed by atoms with Gasteiger partial charge >= 0.3 is 0 Å². The Hall–Kier alpha value is -1.49. The molecule has 1 unspecified atom stereocenters. The van der Waals surface area contributed by atoms with Crippen LogP contribution in [0.1, 0.15) is 31.9 Å². The number of nitrogens with one attached hydrogen (secondary N) is 1. The van der Waals surface area contributed by atoms with Gasteiger partial charge in [0.1, 0.15) is 0 Å². The topological polar surface area (TPSA) is 35.8 Å². The lowest BCUT2D eigenvalue weighted by atomic mass is 10.1. The van der Waals surface area contributed by atoms with Crippen molar-refractivity contribution in [3.63, 3.8) is 0 Å². The zero-order valence-corrected chi connectivity index (χ0v) is 14.8. The Morgan fingerprint density at radius 1 is 1.39 bits per heavy atom. The van der Waals surface area contributed by atoms with E-state index < -0.39 is 0 Å². The summed E-state index contributed by atoms with van der Waals surface area (Å²) >= 11 is 0. The number of aromatic nitrogens is 1. The molecule has 1 saturated heterocycles. The molecule has 2 aliphatic rings. The average Bonchev–Trinajstić information content (AvgIpc) is 3.15. The van der Waals surface area contributed by atoms with Crippen LogP contribution in [0.2, 0.25) is 0 Å². The fraction of sp³-hybridized carbons (Fsp3) is 0.722. The number of aliphatic imine (C=N–C) groups is 1. The third-order valence-electron chi connectivity index (χ3n) is 5.03. The molecule has 1 aliphatic carbocycles. The SMILES string of the molecule is CCNC(=NCC1CCN(C2CC2)C1)N(C)Cc1cccn1C. The second-order valence-corrected chi connectivity index (χ2v) is 7.04. The molecule has 1 aliphatic heterocycles. The van der Waals surface area contributed by atoms with Crippen molar-refractivity contribution < 1.29 is 0 Å². The molecule has 1 saturated carbocycles. The Kier molecular flexibility index (Phi) is 5.26. The minimum absolute atomic E-state index is 0.729. The summed E-state index contributed by atoms with van der Waals surface area (Å²) in [6.45, 7) is 7.40. The standard InChI is InChI=1S/C18H31N5/c1-4-19-18(22(3)14-17-6-5-10-21(17)2)20-12-15-9-11-23(13-15)16-7-8-16/h5-6,10,15-16H,4,7-9,11-14H2,1-3H3,(H,19,20). The number of nitrogens with zero attached hydrogens (tertiary/aromatic N) is 4. The lowest BCUT2D eigenvalue weighted by Gasteiger charge is -2.23. The first-order chi connectivity index (χ1) is 11.2. The first-order valence-corrected chi connectivity index (χ1v) is 9.01. The maximum Gasteiger partial charge on any atom is 0.194 e. The predicted octanol–water partition coefficient (Wildman–Crippen LogP) is 1.91. The molecule has 5 heteroatoms. The maximum absolute atomic E-state index is 4.92. The van der Waals surface area contributed by atoms with Crippen LogP contribution >= 0.6 is 0 Å². The molecular formula is C18H31N5. The monoisotopic (exact) mass is 317 g/mol. The lowest BCUT2D eigenvalue weighted by Crippen LogP contribution is -2.39. The van der Waals surface area contributed by atoms with Gasteiger partial charge in [-0.1, -0.05) is 0 Å². The van der Waals surface area contributed by atoms with Crippen molar-refractivity contribution >= 4 is 5.96 Å². The van der Waals surface area contributed by atoms with Gasteiger partial charge in [0.2, 0.25) is 0 Å². The third kappa shape index (κ3) is 4.28. The molecule has 3 rings (SSSR count). The van der Waals surface area contributed by atoms with Gasteiger partial charge in [0.15, 0.2) is 5.96 Å². The number of rotatable bonds is 6. The number of guanidine groups is 1. The average molecular weight is 317 g/mol. The highest BCUT2D eigenvalue weighted by Gasteiger charge is 2.34. The summed E-state index contributed by atoms with van der Waals surface area (Å²) in [6, 6.07) is 5.17. The normalized spacial score (nSPS) is 22.6. The Morgan fingerprint density at radius 3 is 2.87 bits per heavy atom. The summed E-state index contributed by atoms with van der Waals surface area (Å²) in [7, 11) is 4.22. The van der Waals surface area contributed by atoms with Crippen LogP contribution in [0.25, 0.3) is 0 Å². The molecule has 1 N–H and O–H groups in total. The summed E-state index contributed by atoms with van der Waals surface area (Å²) in [4.78, 5) is 9.81. The van der Waals surface area contributed by atoms with E-state index in [0.29, 0.717) is 0 Å². The first kappa shape index (κ1) is 16.4. The van der Waals surface area contributed by atoms with Crippen molar-refractivity contribution in [2.75, 3.05) is 33.2 Å². The van der Waals surface area contributed by atoms with Crippen LogP contribution in [-0.4, -0.2) is 59.6 Å². The maximum atomic E-state index is 4.92. The summed E-state index contributed by atoms with van der Waals surface area (Å²) < 4.78 is 2.17. The van der Waals surface area contributed by atoms with Gasteiger partial charge in [-0.2, -0.15) is 0 Å². The fourth-order valence-corrected chi connectivity index (χ4v) is 3.45. The highest BCUT2D eigenvalue weighted by molar-refractivity contribution is 5.79. The molecule has 0 aromatic carbocycles. The zero-order valence-electron chi connectivity index (χ0n) is 14.8. The van der Waals surface area contributed by atoms with Crippen LogP contribution in [0.15, 0.2) is 23.3 Å². The molecule has 128 valence electrons. The van der Waals surface area contributed by atoms with Crippen molar-refractivity contribution in [1.82, 2.24) is 19.7 Å². The highest BCUT2D eigenvalue weighted by atomic mass is 15.3. The van der Waals surface area contributed by atoms with Crippen LogP contribution < -0.4 is 5.32 Å². The Balaban J connectivity index is 1.55. The van der Waals surface area contributed by atoms with Crippen LogP contribution in [0, 0.1) is 5.92 Å². The van der Waals surface area contributed by atoms with Gasteiger partial charge in [-0.25, -0.2) is 0 Å². The first-order valence-electron chi connectivity index (χ1n) is 9.01. The molecule has 0 radical (unpaired) electrons. The predicted molar refractivity (Wildman–Crippen MR) is 95.6 cm³/mol. The van der Waals surface area contributed by atoms with E-state index in [0.717, 1.165) is 37.6 Å².